The number of rotatable bonds is 1. The minimum absolute atomic E-state index is 0.662. The van der Waals surface area contributed by atoms with E-state index in [1.54, 1.807) is 11.1 Å². The molecule has 1 aliphatic heterocycles. The Bertz CT molecular complexity index is 179. The highest BCUT2D eigenvalue weighted by Crippen LogP contribution is 2.28. The van der Waals surface area contributed by atoms with Crippen molar-refractivity contribution >= 4 is 0 Å². The summed E-state index contributed by atoms with van der Waals surface area (Å²) in [5, 5.41) is 0. The van der Waals surface area contributed by atoms with Gasteiger partial charge in [-0.1, -0.05) is 25.0 Å². The van der Waals surface area contributed by atoms with E-state index in [0.717, 1.165) is 12.5 Å². The van der Waals surface area contributed by atoms with Gasteiger partial charge in [0.1, 0.15) is 0 Å². The highest BCUT2D eigenvalue weighted by atomic mass is 15.1. The van der Waals surface area contributed by atoms with Gasteiger partial charge in [0.2, 0.25) is 0 Å². The fourth-order valence-corrected chi connectivity index (χ4v) is 2.17. The van der Waals surface area contributed by atoms with Gasteiger partial charge < -0.3 is 0 Å². The first-order valence-electron chi connectivity index (χ1n) is 4.43. The molecule has 0 fully saturated rings. The second kappa shape index (κ2) is 2.98. The van der Waals surface area contributed by atoms with Gasteiger partial charge >= 0.3 is 0 Å². The van der Waals surface area contributed by atoms with Gasteiger partial charge in [-0.3, -0.25) is 4.90 Å². The summed E-state index contributed by atoms with van der Waals surface area (Å²) < 4.78 is 0. The van der Waals surface area contributed by atoms with Crippen LogP contribution >= 0.6 is 0 Å². The van der Waals surface area contributed by atoms with E-state index in [-0.39, 0.29) is 0 Å². The van der Waals surface area contributed by atoms with Crippen molar-refractivity contribution < 1.29 is 0 Å². The molecule has 11 heavy (non-hydrogen) atoms. The maximum atomic E-state index is 2.41. The maximum Gasteiger partial charge on any atom is 0.0285 e. The molecule has 0 amide bonds. The summed E-state index contributed by atoms with van der Waals surface area (Å²) in [6.45, 7) is 10.3. The van der Waals surface area contributed by atoms with Gasteiger partial charge in [-0.05, 0) is 26.8 Å². The zero-order valence-corrected chi connectivity index (χ0v) is 8.31. The van der Waals surface area contributed by atoms with Crippen molar-refractivity contribution in [2.75, 3.05) is 13.6 Å². The van der Waals surface area contributed by atoms with Crippen molar-refractivity contribution in [1.29, 1.82) is 0 Å². The zero-order chi connectivity index (χ0) is 8.59. The van der Waals surface area contributed by atoms with Crippen molar-refractivity contribution in [2.45, 2.75) is 33.7 Å². The molecule has 1 rings (SSSR count). The topological polar surface area (TPSA) is 3.24 Å². The predicted octanol–water partition coefficient (Wildman–Crippen LogP) is 2.29. The van der Waals surface area contributed by atoms with Crippen LogP contribution in [0.25, 0.3) is 0 Å². The Kier molecular flexibility index (Phi) is 2.38. The Hall–Kier alpha value is -0.300. The SMILES string of the molecule is CC1=C(C(C)C)C(C)N(C)C1. The van der Waals surface area contributed by atoms with Crippen LogP contribution in [0, 0.1) is 5.92 Å². The van der Waals surface area contributed by atoms with Gasteiger partial charge in [-0.15, -0.1) is 0 Å². The van der Waals surface area contributed by atoms with E-state index in [1.807, 2.05) is 0 Å². The van der Waals surface area contributed by atoms with Gasteiger partial charge in [0.25, 0.3) is 0 Å². The Labute approximate surface area is 70.1 Å². The first-order valence-corrected chi connectivity index (χ1v) is 4.43. The molecule has 0 radical (unpaired) electrons. The number of hydrogen-bond acceptors (Lipinski definition) is 1. The van der Waals surface area contributed by atoms with Crippen molar-refractivity contribution in [3.8, 4) is 0 Å². The molecule has 64 valence electrons. The Morgan fingerprint density at radius 2 is 2.00 bits per heavy atom. The Morgan fingerprint density at radius 3 is 2.18 bits per heavy atom. The van der Waals surface area contributed by atoms with E-state index < -0.39 is 0 Å². The van der Waals surface area contributed by atoms with Crippen LogP contribution in [0.2, 0.25) is 0 Å². The van der Waals surface area contributed by atoms with Crippen molar-refractivity contribution in [3.63, 3.8) is 0 Å². The molecule has 0 bridgehead atoms. The van der Waals surface area contributed by atoms with Crippen LogP contribution in [0.15, 0.2) is 11.1 Å². The number of nitrogens with zero attached hydrogens (tertiary/aromatic N) is 1. The maximum absolute atomic E-state index is 2.41. The standard InChI is InChI=1S/C10H19N/c1-7(2)10-8(3)6-11(5)9(10)4/h7,9H,6H2,1-5H3. The van der Waals surface area contributed by atoms with Crippen molar-refractivity contribution in [2.24, 2.45) is 5.92 Å². The lowest BCUT2D eigenvalue weighted by atomic mass is 9.95. The first-order chi connectivity index (χ1) is 5.04. The highest BCUT2D eigenvalue weighted by molar-refractivity contribution is 5.26. The minimum Gasteiger partial charge on any atom is -0.296 e. The number of hydrogen-bond donors (Lipinski definition) is 0. The molecule has 0 N–H and O–H groups in total. The Morgan fingerprint density at radius 1 is 1.45 bits per heavy atom. The quantitative estimate of drug-likeness (QED) is 0.522. The molecule has 1 unspecified atom stereocenters. The van der Waals surface area contributed by atoms with Gasteiger partial charge in [-0.2, -0.15) is 0 Å². The van der Waals surface area contributed by atoms with E-state index in [9.17, 15) is 0 Å². The fraction of sp³-hybridized carbons (Fsp3) is 0.800. The van der Waals surface area contributed by atoms with Crippen LogP contribution in [0.1, 0.15) is 27.7 Å². The van der Waals surface area contributed by atoms with Gasteiger partial charge in [0, 0.05) is 12.6 Å². The van der Waals surface area contributed by atoms with Crippen LogP contribution in [0.3, 0.4) is 0 Å². The average Bonchev–Trinajstić information content (AvgIpc) is 2.07. The van der Waals surface area contributed by atoms with E-state index >= 15 is 0 Å². The Balaban J connectivity index is 2.83. The smallest absolute Gasteiger partial charge is 0.0285 e. The van der Waals surface area contributed by atoms with Crippen LogP contribution in [-0.2, 0) is 0 Å². The van der Waals surface area contributed by atoms with Crippen molar-refractivity contribution in [1.82, 2.24) is 4.90 Å². The predicted molar refractivity (Wildman–Crippen MR) is 49.6 cm³/mol. The molecular formula is C10H19N. The second-order valence-electron chi connectivity index (χ2n) is 3.98. The number of likely N-dealkylation sites (N-methyl/N-ethyl adjacent to an activating group) is 1. The summed E-state index contributed by atoms with van der Waals surface area (Å²) in [4.78, 5) is 2.41. The summed E-state index contributed by atoms with van der Waals surface area (Å²) >= 11 is 0. The van der Waals surface area contributed by atoms with Crippen LogP contribution in [0.4, 0.5) is 0 Å². The molecule has 1 nitrogen and oxygen atoms in total. The van der Waals surface area contributed by atoms with Crippen molar-refractivity contribution in [3.05, 3.63) is 11.1 Å². The minimum atomic E-state index is 0.662. The highest BCUT2D eigenvalue weighted by Gasteiger charge is 2.25. The monoisotopic (exact) mass is 153 g/mol. The van der Waals surface area contributed by atoms with Gasteiger partial charge in [0.15, 0.2) is 0 Å². The van der Waals surface area contributed by atoms with Gasteiger partial charge in [-0.25, -0.2) is 0 Å². The summed E-state index contributed by atoms with van der Waals surface area (Å²) in [5.41, 5.74) is 3.22. The van der Waals surface area contributed by atoms with Crippen LogP contribution in [0.5, 0.6) is 0 Å². The van der Waals surface area contributed by atoms with E-state index in [0.29, 0.717) is 6.04 Å². The normalized spacial score (nSPS) is 27.3. The van der Waals surface area contributed by atoms with E-state index in [1.165, 1.54) is 0 Å². The molecule has 1 aliphatic rings. The third-order valence-electron chi connectivity index (χ3n) is 2.71. The van der Waals surface area contributed by atoms with Crippen LogP contribution in [-0.4, -0.2) is 24.5 Å². The van der Waals surface area contributed by atoms with Gasteiger partial charge in [0.05, 0.1) is 0 Å². The molecule has 0 aromatic carbocycles. The third-order valence-corrected chi connectivity index (χ3v) is 2.71. The summed E-state index contributed by atoms with van der Waals surface area (Å²) in [6.07, 6.45) is 0. The summed E-state index contributed by atoms with van der Waals surface area (Å²) in [6, 6.07) is 0.662. The zero-order valence-electron chi connectivity index (χ0n) is 8.31. The molecule has 0 aromatic rings. The molecule has 0 aliphatic carbocycles. The molecule has 0 saturated carbocycles. The molecule has 0 saturated heterocycles. The molecular weight excluding hydrogens is 134 g/mol. The third kappa shape index (κ3) is 1.48. The molecule has 0 aromatic heterocycles. The molecule has 1 heteroatoms. The fourth-order valence-electron chi connectivity index (χ4n) is 2.17. The molecule has 0 spiro atoms. The lowest BCUT2D eigenvalue weighted by Gasteiger charge is -2.20. The van der Waals surface area contributed by atoms with E-state index in [2.05, 4.69) is 39.6 Å². The second-order valence-corrected chi connectivity index (χ2v) is 3.98. The first kappa shape index (κ1) is 8.79. The van der Waals surface area contributed by atoms with Crippen LogP contribution < -0.4 is 0 Å². The largest absolute Gasteiger partial charge is 0.296 e. The average molecular weight is 153 g/mol. The van der Waals surface area contributed by atoms with E-state index in [4.69, 9.17) is 0 Å². The lowest BCUT2D eigenvalue weighted by molar-refractivity contribution is 0.331. The molecule has 1 heterocycles. The lowest BCUT2D eigenvalue weighted by Crippen LogP contribution is -2.25. The summed E-state index contributed by atoms with van der Waals surface area (Å²) in [7, 11) is 2.20. The summed E-state index contributed by atoms with van der Waals surface area (Å²) in [5.74, 6) is 0.718. The molecule has 1 atom stereocenters.